The molecule has 2 heteroatoms. The van der Waals surface area contributed by atoms with Crippen LogP contribution in [0.3, 0.4) is 0 Å². The highest BCUT2D eigenvalue weighted by Gasteiger charge is 2.12. The summed E-state index contributed by atoms with van der Waals surface area (Å²) in [6.45, 7) is 5.31. The van der Waals surface area contributed by atoms with Crippen molar-refractivity contribution in [3.8, 4) is 0 Å². The minimum absolute atomic E-state index is 0.988. The monoisotopic (exact) mass is 162 g/mol. The van der Waals surface area contributed by atoms with Crippen LogP contribution in [-0.2, 0) is 13.0 Å². The molecule has 12 heavy (non-hydrogen) atoms. The first kappa shape index (κ1) is 7.59. The van der Waals surface area contributed by atoms with Crippen LogP contribution in [0.25, 0.3) is 6.08 Å². The predicted octanol–water partition coefficient (Wildman–Crippen LogP) is 2.25. The summed E-state index contributed by atoms with van der Waals surface area (Å²) >= 11 is 0. The Bertz CT molecular complexity index is 321. The molecule has 0 spiro atoms. The maximum atomic E-state index is 4.32. The fourth-order valence-corrected chi connectivity index (χ4v) is 1.74. The van der Waals surface area contributed by atoms with E-state index < -0.39 is 0 Å². The molecule has 0 unspecified atom stereocenters. The van der Waals surface area contributed by atoms with E-state index in [1.807, 2.05) is 6.20 Å². The lowest BCUT2D eigenvalue weighted by Crippen LogP contribution is -2.05. The molecular formula is C10H14N2. The number of rotatable bonds is 1. The molecule has 1 aromatic rings. The Balaban J connectivity index is 2.46. The summed E-state index contributed by atoms with van der Waals surface area (Å²) in [5, 5.41) is 4.32. The topological polar surface area (TPSA) is 17.8 Å². The maximum absolute atomic E-state index is 4.32. The van der Waals surface area contributed by atoms with Crippen LogP contribution in [0.4, 0.5) is 0 Å². The Kier molecular flexibility index (Phi) is 1.75. The summed E-state index contributed by atoms with van der Waals surface area (Å²) in [5.74, 6) is 0. The number of allylic oxidation sites excluding steroid dienone is 1. The second-order valence-corrected chi connectivity index (χ2v) is 3.35. The van der Waals surface area contributed by atoms with E-state index in [2.05, 4.69) is 29.7 Å². The quantitative estimate of drug-likeness (QED) is 0.619. The summed E-state index contributed by atoms with van der Waals surface area (Å²) in [6.07, 6.45) is 6.57. The van der Waals surface area contributed by atoms with Crippen LogP contribution in [-0.4, -0.2) is 9.78 Å². The molecule has 2 nitrogen and oxygen atoms in total. The molecule has 0 fully saturated rings. The van der Waals surface area contributed by atoms with Crippen LogP contribution < -0.4 is 0 Å². The fourth-order valence-electron chi connectivity index (χ4n) is 1.74. The van der Waals surface area contributed by atoms with Gasteiger partial charge in [-0.3, -0.25) is 4.68 Å². The van der Waals surface area contributed by atoms with Gasteiger partial charge in [-0.25, -0.2) is 0 Å². The van der Waals surface area contributed by atoms with Crippen LogP contribution >= 0.6 is 0 Å². The van der Waals surface area contributed by atoms with Gasteiger partial charge in [0.15, 0.2) is 0 Å². The van der Waals surface area contributed by atoms with Gasteiger partial charge in [0.05, 0.1) is 6.20 Å². The molecule has 0 saturated carbocycles. The molecule has 2 rings (SSSR count). The van der Waals surface area contributed by atoms with E-state index in [0.29, 0.717) is 0 Å². The molecular weight excluding hydrogens is 148 g/mol. The van der Waals surface area contributed by atoms with Crippen molar-refractivity contribution >= 4 is 6.08 Å². The molecule has 0 aliphatic heterocycles. The first-order valence-electron chi connectivity index (χ1n) is 4.53. The van der Waals surface area contributed by atoms with E-state index in [9.17, 15) is 0 Å². The van der Waals surface area contributed by atoms with Crippen LogP contribution in [0, 0.1) is 0 Å². The van der Waals surface area contributed by atoms with E-state index in [0.717, 1.165) is 13.0 Å². The van der Waals surface area contributed by atoms with Crippen LogP contribution in [0.2, 0.25) is 0 Å². The SMILES string of the molecule is CCn1ncc2c1CCC(C)=C2. The van der Waals surface area contributed by atoms with Crippen molar-refractivity contribution in [1.82, 2.24) is 9.78 Å². The zero-order valence-corrected chi connectivity index (χ0v) is 7.67. The van der Waals surface area contributed by atoms with E-state index in [4.69, 9.17) is 0 Å². The molecule has 0 saturated heterocycles. The zero-order chi connectivity index (χ0) is 8.55. The van der Waals surface area contributed by atoms with Gasteiger partial charge in [-0.15, -0.1) is 0 Å². The molecule has 0 bridgehead atoms. The summed E-state index contributed by atoms with van der Waals surface area (Å²) in [7, 11) is 0. The minimum Gasteiger partial charge on any atom is -0.269 e. The highest BCUT2D eigenvalue weighted by molar-refractivity contribution is 5.56. The van der Waals surface area contributed by atoms with Crippen molar-refractivity contribution in [2.24, 2.45) is 0 Å². The van der Waals surface area contributed by atoms with Crippen molar-refractivity contribution < 1.29 is 0 Å². The van der Waals surface area contributed by atoms with Gasteiger partial charge in [0.2, 0.25) is 0 Å². The van der Waals surface area contributed by atoms with E-state index >= 15 is 0 Å². The fraction of sp³-hybridized carbons (Fsp3) is 0.500. The number of hydrogen-bond donors (Lipinski definition) is 0. The van der Waals surface area contributed by atoms with Gasteiger partial charge in [0.25, 0.3) is 0 Å². The third-order valence-electron chi connectivity index (χ3n) is 2.44. The van der Waals surface area contributed by atoms with Gasteiger partial charge in [-0.1, -0.05) is 11.6 Å². The third-order valence-corrected chi connectivity index (χ3v) is 2.44. The van der Waals surface area contributed by atoms with Gasteiger partial charge in [-0.2, -0.15) is 5.10 Å². The van der Waals surface area contributed by atoms with Crippen molar-refractivity contribution in [3.05, 3.63) is 23.0 Å². The van der Waals surface area contributed by atoms with E-state index in [1.165, 1.54) is 23.3 Å². The minimum atomic E-state index is 0.988. The number of nitrogens with zero attached hydrogens (tertiary/aromatic N) is 2. The van der Waals surface area contributed by atoms with Crippen molar-refractivity contribution in [2.45, 2.75) is 33.2 Å². The Morgan fingerprint density at radius 2 is 2.33 bits per heavy atom. The lowest BCUT2D eigenvalue weighted by Gasteiger charge is -2.11. The summed E-state index contributed by atoms with van der Waals surface area (Å²) < 4.78 is 2.10. The van der Waals surface area contributed by atoms with Gasteiger partial charge < -0.3 is 0 Å². The van der Waals surface area contributed by atoms with Gasteiger partial charge in [-0.05, 0) is 26.7 Å². The number of aryl methyl sites for hydroxylation is 1. The highest BCUT2D eigenvalue weighted by Crippen LogP contribution is 2.22. The summed E-state index contributed by atoms with van der Waals surface area (Å²) in [4.78, 5) is 0. The average molecular weight is 162 g/mol. The second kappa shape index (κ2) is 2.77. The first-order chi connectivity index (χ1) is 5.81. The lowest BCUT2D eigenvalue weighted by atomic mass is 9.99. The first-order valence-corrected chi connectivity index (χ1v) is 4.53. The lowest BCUT2D eigenvalue weighted by molar-refractivity contribution is 0.616. The molecule has 64 valence electrons. The molecule has 1 aliphatic carbocycles. The van der Waals surface area contributed by atoms with Crippen molar-refractivity contribution in [3.63, 3.8) is 0 Å². The molecule has 1 aliphatic rings. The van der Waals surface area contributed by atoms with Crippen LogP contribution in [0.5, 0.6) is 0 Å². The predicted molar refractivity (Wildman–Crippen MR) is 49.9 cm³/mol. The Labute approximate surface area is 72.9 Å². The molecule has 1 heterocycles. The highest BCUT2D eigenvalue weighted by atomic mass is 15.3. The molecule has 0 amide bonds. The Morgan fingerprint density at radius 1 is 1.50 bits per heavy atom. The average Bonchev–Trinajstić information content (AvgIpc) is 2.46. The number of hydrogen-bond acceptors (Lipinski definition) is 1. The zero-order valence-electron chi connectivity index (χ0n) is 7.67. The second-order valence-electron chi connectivity index (χ2n) is 3.35. The van der Waals surface area contributed by atoms with Crippen LogP contribution in [0.1, 0.15) is 31.5 Å². The summed E-state index contributed by atoms with van der Waals surface area (Å²) in [6, 6.07) is 0. The third kappa shape index (κ3) is 1.07. The van der Waals surface area contributed by atoms with Gasteiger partial charge in [0, 0.05) is 17.8 Å². The Hall–Kier alpha value is -1.05. The normalized spacial score (nSPS) is 15.7. The number of fused-ring (bicyclic) bond motifs is 1. The smallest absolute Gasteiger partial charge is 0.0565 e. The van der Waals surface area contributed by atoms with Gasteiger partial charge in [0.1, 0.15) is 0 Å². The molecule has 0 N–H and O–H groups in total. The molecule has 0 radical (unpaired) electrons. The van der Waals surface area contributed by atoms with Crippen LogP contribution in [0.15, 0.2) is 11.8 Å². The van der Waals surface area contributed by atoms with E-state index in [1.54, 1.807) is 0 Å². The van der Waals surface area contributed by atoms with E-state index in [-0.39, 0.29) is 0 Å². The van der Waals surface area contributed by atoms with Gasteiger partial charge >= 0.3 is 0 Å². The standard InChI is InChI=1S/C10H14N2/c1-3-12-10-5-4-8(2)6-9(10)7-11-12/h6-7H,3-5H2,1-2H3. The maximum Gasteiger partial charge on any atom is 0.0565 e. The largest absolute Gasteiger partial charge is 0.269 e. The van der Waals surface area contributed by atoms with Crippen molar-refractivity contribution in [1.29, 1.82) is 0 Å². The molecule has 0 aromatic carbocycles. The van der Waals surface area contributed by atoms with Crippen molar-refractivity contribution in [2.75, 3.05) is 0 Å². The summed E-state index contributed by atoms with van der Waals surface area (Å²) in [5.41, 5.74) is 4.20. The molecule has 0 atom stereocenters. The molecule has 1 aromatic heterocycles. The number of aromatic nitrogens is 2. The Morgan fingerprint density at radius 3 is 3.08 bits per heavy atom.